The van der Waals surface area contributed by atoms with Crippen molar-refractivity contribution in [2.45, 2.75) is 30.4 Å². The van der Waals surface area contributed by atoms with E-state index >= 15 is 0 Å². The maximum Gasteiger partial charge on any atom is 0.324 e. The Bertz CT molecular complexity index is 1210. The second kappa shape index (κ2) is 8.41. The Morgan fingerprint density at radius 2 is 1.87 bits per heavy atom. The zero-order valence-electron chi connectivity index (χ0n) is 16.5. The molecule has 31 heavy (non-hydrogen) atoms. The number of halogens is 2. The first-order chi connectivity index (χ1) is 14.8. The summed E-state index contributed by atoms with van der Waals surface area (Å²) in [5, 5.41) is 0.619. The molecule has 162 valence electrons. The van der Waals surface area contributed by atoms with Gasteiger partial charge in [0.25, 0.3) is 0 Å². The number of carbonyl (C=O) groups is 1. The second-order valence-corrected chi connectivity index (χ2v) is 9.47. The van der Waals surface area contributed by atoms with Gasteiger partial charge in [-0.2, -0.15) is 4.31 Å². The number of ether oxygens (including phenoxy) is 1. The zero-order valence-corrected chi connectivity index (χ0v) is 18.1. The number of methoxy groups -OCH3 is 1. The molecule has 0 saturated carbocycles. The molecular weight excluding hydrogens is 445 g/mol. The first-order valence-corrected chi connectivity index (χ1v) is 11.2. The van der Waals surface area contributed by atoms with Crippen LogP contribution in [0, 0.1) is 5.82 Å². The summed E-state index contributed by atoms with van der Waals surface area (Å²) in [4.78, 5) is 16.7. The summed E-state index contributed by atoms with van der Waals surface area (Å²) < 4.78 is 47.7. The van der Waals surface area contributed by atoms with Gasteiger partial charge in [-0.05, 0) is 42.0 Å². The predicted octanol–water partition coefficient (Wildman–Crippen LogP) is 3.01. The van der Waals surface area contributed by atoms with Crippen LogP contribution in [0.1, 0.15) is 17.0 Å². The number of hydrogen-bond acceptors (Lipinski definition) is 5. The summed E-state index contributed by atoms with van der Waals surface area (Å²) in [6.07, 6.45) is 1.71. The van der Waals surface area contributed by atoms with Crippen LogP contribution in [0.5, 0.6) is 0 Å². The molecule has 1 aromatic heterocycles. The highest BCUT2D eigenvalue weighted by molar-refractivity contribution is 7.89. The first kappa shape index (κ1) is 21.5. The van der Waals surface area contributed by atoms with Crippen molar-refractivity contribution in [3.05, 3.63) is 82.6 Å². The summed E-state index contributed by atoms with van der Waals surface area (Å²) in [6, 6.07) is 10.7. The van der Waals surface area contributed by atoms with Crippen molar-refractivity contribution in [2.24, 2.45) is 0 Å². The fourth-order valence-corrected chi connectivity index (χ4v) is 5.26. The molecule has 0 spiro atoms. The third-order valence-electron chi connectivity index (χ3n) is 5.23. The smallest absolute Gasteiger partial charge is 0.324 e. The van der Waals surface area contributed by atoms with Gasteiger partial charge in [-0.3, -0.25) is 4.79 Å². The molecule has 3 aromatic rings. The van der Waals surface area contributed by atoms with Crippen LogP contribution in [-0.4, -0.2) is 41.4 Å². The van der Waals surface area contributed by atoms with E-state index < -0.39 is 27.9 Å². The fourth-order valence-electron chi connectivity index (χ4n) is 3.60. The molecule has 10 heteroatoms. The molecule has 0 aliphatic carbocycles. The van der Waals surface area contributed by atoms with E-state index in [-0.39, 0.29) is 17.9 Å². The van der Waals surface area contributed by atoms with Crippen molar-refractivity contribution >= 4 is 27.6 Å². The van der Waals surface area contributed by atoms with Crippen molar-refractivity contribution in [1.29, 1.82) is 0 Å². The lowest BCUT2D eigenvalue weighted by Crippen LogP contribution is -2.49. The van der Waals surface area contributed by atoms with E-state index in [1.54, 1.807) is 18.5 Å². The Hall–Kier alpha value is -2.75. The van der Waals surface area contributed by atoms with Gasteiger partial charge in [-0.1, -0.05) is 23.7 Å². The minimum Gasteiger partial charge on any atom is -0.468 e. The van der Waals surface area contributed by atoms with Gasteiger partial charge in [0.15, 0.2) is 0 Å². The quantitative estimate of drug-likeness (QED) is 0.543. The maximum absolute atomic E-state index is 13.3. The van der Waals surface area contributed by atoms with Crippen molar-refractivity contribution < 1.29 is 22.3 Å². The van der Waals surface area contributed by atoms with Gasteiger partial charge >= 0.3 is 5.97 Å². The number of esters is 1. The lowest BCUT2D eigenvalue weighted by Gasteiger charge is -2.33. The topological polar surface area (TPSA) is 81.5 Å². The Labute approximate surface area is 184 Å². The molecule has 0 amide bonds. The molecule has 0 radical (unpaired) electrons. The van der Waals surface area contributed by atoms with Gasteiger partial charge in [-0.25, -0.2) is 17.8 Å². The summed E-state index contributed by atoms with van der Waals surface area (Å²) in [5.41, 5.74) is 2.28. The molecular formula is C21H19ClFN3O4S. The average molecular weight is 464 g/mol. The third kappa shape index (κ3) is 4.21. The van der Waals surface area contributed by atoms with Crippen molar-refractivity contribution in [1.82, 2.24) is 13.9 Å². The highest BCUT2D eigenvalue weighted by atomic mass is 35.5. The average Bonchev–Trinajstić information content (AvgIpc) is 3.16. The number of benzene rings is 2. The van der Waals surface area contributed by atoms with Gasteiger partial charge in [-0.15, -0.1) is 0 Å². The molecule has 2 heterocycles. The Kier molecular flexibility index (Phi) is 5.83. The molecule has 0 saturated heterocycles. The summed E-state index contributed by atoms with van der Waals surface area (Å²) >= 11 is 5.95. The van der Waals surface area contributed by atoms with Gasteiger partial charge in [0.1, 0.15) is 11.9 Å². The predicted molar refractivity (Wildman–Crippen MR) is 111 cm³/mol. The number of aromatic nitrogens is 2. The fraction of sp³-hybridized carbons (Fsp3) is 0.238. The van der Waals surface area contributed by atoms with Crippen LogP contribution in [-0.2, 0) is 39.1 Å². The number of nitrogens with zero attached hydrogens (tertiary/aromatic N) is 3. The largest absolute Gasteiger partial charge is 0.468 e. The van der Waals surface area contributed by atoms with Crippen LogP contribution in [0.3, 0.4) is 0 Å². The van der Waals surface area contributed by atoms with E-state index in [1.165, 1.54) is 19.2 Å². The summed E-state index contributed by atoms with van der Waals surface area (Å²) in [6.45, 7) is 0.398. The van der Waals surface area contributed by atoms with Crippen molar-refractivity contribution in [3.8, 4) is 0 Å². The van der Waals surface area contributed by atoms with Crippen LogP contribution < -0.4 is 0 Å². The molecule has 0 N–H and O–H groups in total. The van der Waals surface area contributed by atoms with E-state index in [2.05, 4.69) is 4.98 Å². The van der Waals surface area contributed by atoms with Crippen LogP contribution in [0.25, 0.3) is 0 Å². The van der Waals surface area contributed by atoms with Crippen molar-refractivity contribution in [2.75, 3.05) is 7.11 Å². The number of sulfonamides is 1. The molecule has 2 aromatic carbocycles. The highest BCUT2D eigenvalue weighted by Gasteiger charge is 2.42. The van der Waals surface area contributed by atoms with Gasteiger partial charge in [0, 0.05) is 18.0 Å². The number of fused-ring (bicyclic) bond motifs is 1. The van der Waals surface area contributed by atoms with E-state index in [4.69, 9.17) is 16.3 Å². The van der Waals surface area contributed by atoms with Crippen LogP contribution in [0.15, 0.2) is 59.8 Å². The highest BCUT2D eigenvalue weighted by Crippen LogP contribution is 2.30. The molecule has 1 atom stereocenters. The van der Waals surface area contributed by atoms with E-state index in [0.717, 1.165) is 22.0 Å². The summed E-state index contributed by atoms with van der Waals surface area (Å²) in [5.74, 6) is -1.23. The van der Waals surface area contributed by atoms with Crippen LogP contribution >= 0.6 is 11.6 Å². The molecule has 1 unspecified atom stereocenters. The standard InChI is InChI=1S/C21H19ClFN3O4S/c1-30-21(27)19-10-18-20(25(13-24-18)11-14-2-4-15(22)5-3-14)12-26(19)31(28,29)17-8-6-16(23)7-9-17/h2-9,13,19H,10-12H2,1H3. The van der Waals surface area contributed by atoms with Crippen molar-refractivity contribution in [3.63, 3.8) is 0 Å². The third-order valence-corrected chi connectivity index (χ3v) is 7.35. The minimum atomic E-state index is -4.09. The summed E-state index contributed by atoms with van der Waals surface area (Å²) in [7, 11) is -2.88. The number of rotatable bonds is 5. The normalized spacial score (nSPS) is 16.7. The first-order valence-electron chi connectivity index (χ1n) is 9.42. The Balaban J connectivity index is 1.71. The number of imidazole rings is 1. The van der Waals surface area contributed by atoms with E-state index in [1.807, 2.05) is 16.7 Å². The molecule has 4 rings (SSSR count). The SMILES string of the molecule is COC(=O)C1Cc2ncn(Cc3ccc(Cl)cc3)c2CN1S(=O)(=O)c1ccc(F)cc1. The Morgan fingerprint density at radius 1 is 1.19 bits per heavy atom. The Morgan fingerprint density at radius 3 is 2.52 bits per heavy atom. The zero-order chi connectivity index (χ0) is 22.2. The lowest BCUT2D eigenvalue weighted by molar-refractivity contribution is -0.145. The van der Waals surface area contributed by atoms with Gasteiger partial charge in [0.2, 0.25) is 10.0 Å². The van der Waals surface area contributed by atoms with E-state index in [0.29, 0.717) is 23.0 Å². The molecule has 1 aliphatic rings. The van der Waals surface area contributed by atoms with Gasteiger partial charge < -0.3 is 9.30 Å². The van der Waals surface area contributed by atoms with E-state index in [9.17, 15) is 17.6 Å². The van der Waals surface area contributed by atoms with Crippen LogP contribution in [0.4, 0.5) is 4.39 Å². The second-order valence-electron chi connectivity index (χ2n) is 7.14. The monoisotopic (exact) mass is 463 g/mol. The van der Waals surface area contributed by atoms with Crippen LogP contribution in [0.2, 0.25) is 5.02 Å². The number of hydrogen-bond donors (Lipinski definition) is 0. The number of carbonyl (C=O) groups excluding carboxylic acids is 1. The van der Waals surface area contributed by atoms with Gasteiger partial charge in [0.05, 0.1) is 36.3 Å². The minimum absolute atomic E-state index is 0.0671. The molecule has 0 bridgehead atoms. The molecule has 1 aliphatic heterocycles. The lowest BCUT2D eigenvalue weighted by atomic mass is 10.1. The molecule has 0 fully saturated rings. The molecule has 7 nitrogen and oxygen atoms in total. The maximum atomic E-state index is 13.3.